The molecule has 0 aliphatic rings. The van der Waals surface area contributed by atoms with Gasteiger partial charge in [0, 0.05) is 17.6 Å². The molecule has 0 fully saturated rings. The lowest BCUT2D eigenvalue weighted by Crippen LogP contribution is -2.35. The molecule has 116 valence electrons. The van der Waals surface area contributed by atoms with Crippen molar-refractivity contribution in [2.45, 2.75) is 19.8 Å². The van der Waals surface area contributed by atoms with Gasteiger partial charge in [-0.05, 0) is 18.6 Å². The van der Waals surface area contributed by atoms with Crippen molar-refractivity contribution in [2.75, 3.05) is 13.2 Å². The predicted octanol–water partition coefficient (Wildman–Crippen LogP) is 2.99. The Labute approximate surface area is 133 Å². The summed E-state index contributed by atoms with van der Waals surface area (Å²) in [6.07, 6.45) is 1.25. The van der Waals surface area contributed by atoms with E-state index in [0.717, 1.165) is 6.42 Å². The van der Waals surface area contributed by atoms with E-state index in [1.54, 1.807) is 12.1 Å². The zero-order valence-corrected chi connectivity index (χ0v) is 13.1. The molecule has 0 saturated heterocycles. The second-order valence-electron chi connectivity index (χ2n) is 4.49. The molecule has 5 nitrogen and oxygen atoms in total. The highest BCUT2D eigenvalue weighted by molar-refractivity contribution is 6.34. The van der Waals surface area contributed by atoms with Crippen LogP contribution in [0.5, 0.6) is 5.75 Å². The van der Waals surface area contributed by atoms with Crippen molar-refractivity contribution >= 4 is 35.1 Å². The molecule has 1 aromatic carbocycles. The van der Waals surface area contributed by atoms with Crippen molar-refractivity contribution in [3.05, 3.63) is 28.2 Å². The number of nitrogens with one attached hydrogen (secondary N) is 1. The van der Waals surface area contributed by atoms with Gasteiger partial charge in [0.25, 0.3) is 5.91 Å². The first-order valence-electron chi connectivity index (χ1n) is 6.51. The van der Waals surface area contributed by atoms with E-state index in [1.807, 2.05) is 6.92 Å². The van der Waals surface area contributed by atoms with Crippen LogP contribution in [0.4, 0.5) is 0 Å². The maximum Gasteiger partial charge on any atom is 0.308 e. The number of carbonyl (C=O) groups excluding carboxylic acids is 1. The van der Waals surface area contributed by atoms with E-state index in [2.05, 4.69) is 5.32 Å². The lowest BCUT2D eigenvalue weighted by atomic mass is 10.0. The van der Waals surface area contributed by atoms with Crippen molar-refractivity contribution in [1.82, 2.24) is 5.32 Å². The Balaban J connectivity index is 2.43. The highest BCUT2D eigenvalue weighted by Gasteiger charge is 2.17. The van der Waals surface area contributed by atoms with Crippen LogP contribution < -0.4 is 10.1 Å². The molecular weight excluding hydrogens is 317 g/mol. The van der Waals surface area contributed by atoms with Crippen LogP contribution >= 0.6 is 23.2 Å². The number of benzene rings is 1. The van der Waals surface area contributed by atoms with Crippen LogP contribution in [0.1, 0.15) is 19.8 Å². The summed E-state index contributed by atoms with van der Waals surface area (Å²) in [5.41, 5.74) is 0. The lowest BCUT2D eigenvalue weighted by Gasteiger charge is -2.13. The number of halogens is 2. The van der Waals surface area contributed by atoms with Gasteiger partial charge in [0.15, 0.2) is 6.61 Å². The molecule has 7 heteroatoms. The molecule has 21 heavy (non-hydrogen) atoms. The van der Waals surface area contributed by atoms with Crippen LogP contribution in [0.3, 0.4) is 0 Å². The topological polar surface area (TPSA) is 75.6 Å². The van der Waals surface area contributed by atoms with Crippen molar-refractivity contribution in [3.8, 4) is 5.75 Å². The number of rotatable bonds is 8. The fourth-order valence-electron chi connectivity index (χ4n) is 1.68. The quantitative estimate of drug-likeness (QED) is 0.766. The third-order valence-electron chi connectivity index (χ3n) is 2.78. The molecule has 1 amide bonds. The largest absolute Gasteiger partial charge is 0.482 e. The Hall–Kier alpha value is -1.46. The van der Waals surface area contributed by atoms with Gasteiger partial charge in [0.1, 0.15) is 5.75 Å². The zero-order valence-electron chi connectivity index (χ0n) is 11.6. The monoisotopic (exact) mass is 333 g/mol. The fraction of sp³-hybridized carbons (Fsp3) is 0.429. The Morgan fingerprint density at radius 3 is 2.71 bits per heavy atom. The van der Waals surface area contributed by atoms with Crippen LogP contribution in [0, 0.1) is 5.92 Å². The molecule has 0 aliphatic heterocycles. The van der Waals surface area contributed by atoms with Gasteiger partial charge in [-0.1, -0.05) is 36.5 Å². The van der Waals surface area contributed by atoms with E-state index >= 15 is 0 Å². The van der Waals surface area contributed by atoms with Gasteiger partial charge in [-0.15, -0.1) is 0 Å². The molecule has 0 heterocycles. The number of ether oxygens (including phenoxy) is 1. The highest BCUT2D eigenvalue weighted by atomic mass is 35.5. The number of carboxylic acid groups (broad SMARTS) is 1. The van der Waals surface area contributed by atoms with Crippen molar-refractivity contribution in [2.24, 2.45) is 5.92 Å². The van der Waals surface area contributed by atoms with Gasteiger partial charge in [-0.25, -0.2) is 0 Å². The molecule has 0 bridgehead atoms. The molecule has 0 aromatic heterocycles. The molecule has 1 atom stereocenters. The molecular formula is C14H17Cl2NO4. The van der Waals surface area contributed by atoms with Crippen molar-refractivity contribution in [3.63, 3.8) is 0 Å². The summed E-state index contributed by atoms with van der Waals surface area (Å²) < 4.78 is 5.26. The minimum absolute atomic E-state index is 0.0780. The summed E-state index contributed by atoms with van der Waals surface area (Å²) in [5, 5.41) is 12.3. The van der Waals surface area contributed by atoms with E-state index in [4.69, 9.17) is 33.0 Å². The third kappa shape index (κ3) is 6.23. The summed E-state index contributed by atoms with van der Waals surface area (Å²) >= 11 is 11.7. The van der Waals surface area contributed by atoms with Gasteiger partial charge < -0.3 is 15.2 Å². The smallest absolute Gasteiger partial charge is 0.308 e. The second-order valence-corrected chi connectivity index (χ2v) is 5.33. The van der Waals surface area contributed by atoms with E-state index in [1.165, 1.54) is 6.07 Å². The maximum absolute atomic E-state index is 11.6. The molecule has 1 rings (SSSR count). The lowest BCUT2D eigenvalue weighted by molar-refractivity contribution is -0.142. The first kappa shape index (κ1) is 17.6. The number of hydrogen-bond acceptors (Lipinski definition) is 3. The Bertz CT molecular complexity index is 508. The first-order chi connectivity index (χ1) is 9.93. The number of aliphatic carboxylic acids is 1. The van der Waals surface area contributed by atoms with Crippen LogP contribution in [-0.4, -0.2) is 30.1 Å². The average molecular weight is 334 g/mol. The summed E-state index contributed by atoms with van der Waals surface area (Å²) in [4.78, 5) is 22.6. The van der Waals surface area contributed by atoms with Gasteiger partial charge in [-0.2, -0.15) is 0 Å². The van der Waals surface area contributed by atoms with E-state index in [9.17, 15) is 9.59 Å². The van der Waals surface area contributed by atoms with E-state index in [-0.39, 0.29) is 13.2 Å². The molecule has 0 radical (unpaired) electrons. The first-order valence-corrected chi connectivity index (χ1v) is 7.27. The molecule has 0 spiro atoms. The molecule has 0 saturated carbocycles. The Morgan fingerprint density at radius 2 is 2.10 bits per heavy atom. The highest BCUT2D eigenvalue weighted by Crippen LogP contribution is 2.27. The van der Waals surface area contributed by atoms with Crippen LogP contribution in [0.25, 0.3) is 0 Å². The third-order valence-corrected chi connectivity index (χ3v) is 3.33. The van der Waals surface area contributed by atoms with Gasteiger partial charge in [0.05, 0.1) is 10.9 Å². The minimum atomic E-state index is -0.920. The van der Waals surface area contributed by atoms with Crippen LogP contribution in [0.2, 0.25) is 10.0 Å². The maximum atomic E-state index is 11.6. The molecule has 1 unspecified atom stereocenters. The fourth-order valence-corrected chi connectivity index (χ4v) is 2.01. The summed E-state index contributed by atoms with van der Waals surface area (Å²) in [6.45, 7) is 1.72. The van der Waals surface area contributed by atoms with Crippen LogP contribution in [-0.2, 0) is 9.59 Å². The van der Waals surface area contributed by atoms with E-state index < -0.39 is 17.8 Å². The Kier molecular flexibility index (Phi) is 7.32. The number of amides is 1. The molecule has 2 N–H and O–H groups in total. The summed E-state index contributed by atoms with van der Waals surface area (Å²) in [5.74, 6) is -1.61. The molecule has 1 aromatic rings. The number of carbonyl (C=O) groups is 2. The number of carboxylic acids is 1. The Morgan fingerprint density at radius 1 is 1.38 bits per heavy atom. The van der Waals surface area contributed by atoms with Crippen molar-refractivity contribution < 1.29 is 19.4 Å². The summed E-state index contributed by atoms with van der Waals surface area (Å²) in [6, 6.07) is 4.69. The van der Waals surface area contributed by atoms with Crippen LogP contribution in [0.15, 0.2) is 18.2 Å². The van der Waals surface area contributed by atoms with Gasteiger partial charge in [0.2, 0.25) is 0 Å². The zero-order chi connectivity index (χ0) is 15.8. The SMILES string of the molecule is CCCC(CNC(=O)COc1cc(Cl)ccc1Cl)C(=O)O. The summed E-state index contributed by atoms with van der Waals surface area (Å²) in [7, 11) is 0. The van der Waals surface area contributed by atoms with E-state index in [0.29, 0.717) is 22.2 Å². The molecule has 0 aliphatic carbocycles. The van der Waals surface area contributed by atoms with Gasteiger partial charge in [-0.3, -0.25) is 9.59 Å². The average Bonchev–Trinajstić information content (AvgIpc) is 2.44. The van der Waals surface area contributed by atoms with Gasteiger partial charge >= 0.3 is 5.97 Å². The normalized spacial score (nSPS) is 11.8. The minimum Gasteiger partial charge on any atom is -0.482 e. The predicted molar refractivity (Wildman–Crippen MR) is 81.0 cm³/mol. The van der Waals surface area contributed by atoms with Crippen molar-refractivity contribution in [1.29, 1.82) is 0 Å². The standard InChI is InChI=1S/C14H17Cl2NO4/c1-2-3-9(14(19)20)7-17-13(18)8-21-12-6-10(15)4-5-11(12)16/h4-6,9H,2-3,7-8H2,1H3,(H,17,18)(H,19,20). The number of hydrogen-bond donors (Lipinski definition) is 2. The second kappa shape index (κ2) is 8.74.